The number of ether oxygens (including phenoxy) is 2. The minimum Gasteiger partial charge on any atom is -0.453 e. The molecule has 2 aliphatic heterocycles. The van der Waals surface area contributed by atoms with Crippen molar-refractivity contribution < 1.29 is 33.1 Å². The van der Waals surface area contributed by atoms with Crippen LogP contribution in [0.3, 0.4) is 0 Å². The van der Waals surface area contributed by atoms with Crippen LogP contribution < -0.4 is 20.9 Å². The molecule has 1 atom stereocenters. The normalized spacial score (nSPS) is 20.0. The van der Waals surface area contributed by atoms with Gasteiger partial charge in [-0.25, -0.2) is 18.4 Å². The molecule has 2 amide bonds. The molecule has 0 aliphatic carbocycles. The van der Waals surface area contributed by atoms with Gasteiger partial charge in [-0.15, -0.1) is 0 Å². The highest BCUT2D eigenvalue weighted by Gasteiger charge is 2.34. The Morgan fingerprint density at radius 2 is 1.97 bits per heavy atom. The predicted octanol–water partition coefficient (Wildman–Crippen LogP) is 0.514. The van der Waals surface area contributed by atoms with E-state index < -0.39 is 29.9 Å². The van der Waals surface area contributed by atoms with Crippen molar-refractivity contribution in [3.63, 3.8) is 0 Å². The summed E-state index contributed by atoms with van der Waals surface area (Å²) in [5.41, 5.74) is 5.34. The molecule has 3 rings (SSSR count). The largest absolute Gasteiger partial charge is 0.453 e. The molecule has 0 spiro atoms. The van der Waals surface area contributed by atoms with E-state index >= 15 is 0 Å². The maximum Gasteiger partial charge on any atom is 0.414 e. The number of alkyl carbamates (subject to hydrolysis) is 1. The molecule has 0 radical (unpaired) electrons. The van der Waals surface area contributed by atoms with Crippen molar-refractivity contribution in [1.29, 1.82) is 0 Å². The number of carbonyl (C=O) groups excluding carboxylic acids is 2. The van der Waals surface area contributed by atoms with Crippen molar-refractivity contribution in [2.24, 2.45) is 10.9 Å². The van der Waals surface area contributed by atoms with Crippen LogP contribution in [0.2, 0.25) is 0 Å². The molecule has 2 heterocycles. The van der Waals surface area contributed by atoms with Crippen molar-refractivity contribution in [2.75, 3.05) is 62.7 Å². The fourth-order valence-electron chi connectivity index (χ4n) is 3.51. The number of nitrogens with two attached hydrogens (primary N) is 1. The molecule has 2 saturated heterocycles. The summed E-state index contributed by atoms with van der Waals surface area (Å²) in [4.78, 5) is 27.8. The van der Waals surface area contributed by atoms with Crippen LogP contribution in [0.15, 0.2) is 17.3 Å². The Morgan fingerprint density at radius 1 is 1.32 bits per heavy atom. The fourth-order valence-corrected chi connectivity index (χ4v) is 3.51. The van der Waals surface area contributed by atoms with Crippen molar-refractivity contribution in [3.05, 3.63) is 23.8 Å². The number of nitrogens with one attached hydrogen (secondary N) is 1. The van der Waals surface area contributed by atoms with Crippen molar-refractivity contribution >= 4 is 29.4 Å². The van der Waals surface area contributed by atoms with E-state index in [0.717, 1.165) is 17.0 Å². The summed E-state index contributed by atoms with van der Waals surface area (Å²) in [6.07, 6.45) is -2.12. The lowest BCUT2D eigenvalue weighted by Crippen LogP contribution is -2.49. The highest BCUT2D eigenvalue weighted by Crippen LogP contribution is 2.31. The number of hydrogen-bond donors (Lipinski definition) is 3. The van der Waals surface area contributed by atoms with Gasteiger partial charge in [0.15, 0.2) is 17.5 Å². The number of amidine groups is 1. The van der Waals surface area contributed by atoms with Crippen LogP contribution in [-0.2, 0) is 9.47 Å². The van der Waals surface area contributed by atoms with E-state index in [1.807, 2.05) is 4.90 Å². The molecule has 11 nitrogen and oxygen atoms in total. The second kappa shape index (κ2) is 9.64. The number of carbonyl (C=O) groups is 2. The molecule has 0 unspecified atom stereocenters. The number of piperazine rings is 1. The lowest BCUT2D eigenvalue weighted by atomic mass is 10.2. The van der Waals surface area contributed by atoms with Crippen LogP contribution in [0.25, 0.3) is 0 Å². The number of methoxy groups -OCH3 is 1. The van der Waals surface area contributed by atoms with E-state index in [9.17, 15) is 18.4 Å². The highest BCUT2D eigenvalue weighted by molar-refractivity contribution is 5.90. The van der Waals surface area contributed by atoms with E-state index in [1.54, 1.807) is 4.90 Å². The molecule has 31 heavy (non-hydrogen) atoms. The number of rotatable bonds is 6. The van der Waals surface area contributed by atoms with E-state index in [0.29, 0.717) is 26.2 Å². The summed E-state index contributed by atoms with van der Waals surface area (Å²) in [5.74, 6) is -1.54. The second-order valence-corrected chi connectivity index (χ2v) is 7.10. The monoisotopic (exact) mass is 442 g/mol. The summed E-state index contributed by atoms with van der Waals surface area (Å²) < 4.78 is 39.2. The minimum absolute atomic E-state index is 0.00768. The van der Waals surface area contributed by atoms with Gasteiger partial charge in [0.1, 0.15) is 11.8 Å². The number of anilines is 2. The van der Waals surface area contributed by atoms with Crippen LogP contribution in [0.5, 0.6) is 0 Å². The summed E-state index contributed by atoms with van der Waals surface area (Å²) in [7, 11) is 1.20. The summed E-state index contributed by atoms with van der Waals surface area (Å²) in [5, 5.41) is 14.0. The molecule has 170 valence electrons. The topological polar surface area (TPSA) is 133 Å². The lowest BCUT2D eigenvalue weighted by molar-refractivity contribution is 0.132. The zero-order valence-corrected chi connectivity index (χ0v) is 16.9. The third kappa shape index (κ3) is 5.23. The molecule has 0 saturated carbocycles. The zero-order chi connectivity index (χ0) is 22.5. The van der Waals surface area contributed by atoms with E-state index in [-0.39, 0.29) is 36.8 Å². The van der Waals surface area contributed by atoms with Gasteiger partial charge >= 0.3 is 12.2 Å². The summed E-state index contributed by atoms with van der Waals surface area (Å²) in [6.45, 7) is 1.94. The van der Waals surface area contributed by atoms with Gasteiger partial charge in [0, 0.05) is 38.3 Å². The predicted molar refractivity (Wildman–Crippen MR) is 106 cm³/mol. The van der Waals surface area contributed by atoms with E-state index in [2.05, 4.69) is 15.2 Å². The fraction of sp³-hybridized carbons (Fsp3) is 0.500. The second-order valence-electron chi connectivity index (χ2n) is 7.10. The van der Waals surface area contributed by atoms with Crippen LogP contribution in [0.1, 0.15) is 0 Å². The first-order valence-corrected chi connectivity index (χ1v) is 9.55. The highest BCUT2D eigenvalue weighted by atomic mass is 19.1. The Bertz CT molecular complexity index is 839. The number of oxime groups is 1. The maximum absolute atomic E-state index is 14.8. The molecule has 0 bridgehead atoms. The molecular weight excluding hydrogens is 418 g/mol. The van der Waals surface area contributed by atoms with Crippen LogP contribution in [-0.4, -0.2) is 87.2 Å². The molecule has 13 heteroatoms. The third-order valence-corrected chi connectivity index (χ3v) is 5.05. The number of hydrogen-bond acceptors (Lipinski definition) is 8. The smallest absolute Gasteiger partial charge is 0.414 e. The number of halogens is 2. The zero-order valence-electron chi connectivity index (χ0n) is 16.9. The Balaban J connectivity index is 1.66. The van der Waals surface area contributed by atoms with E-state index in [4.69, 9.17) is 15.7 Å². The average molecular weight is 442 g/mol. The van der Waals surface area contributed by atoms with Crippen molar-refractivity contribution in [3.8, 4) is 0 Å². The Morgan fingerprint density at radius 3 is 2.55 bits per heavy atom. The van der Waals surface area contributed by atoms with Gasteiger partial charge in [-0.05, 0) is 0 Å². The van der Waals surface area contributed by atoms with Crippen molar-refractivity contribution in [1.82, 2.24) is 10.2 Å². The quantitative estimate of drug-likeness (QED) is 0.251. The third-order valence-electron chi connectivity index (χ3n) is 5.05. The number of nitrogens with zero attached hydrogens (tertiary/aromatic N) is 4. The number of cyclic esters (lactones) is 1. The molecule has 4 N–H and O–H groups in total. The Labute approximate surface area is 176 Å². The summed E-state index contributed by atoms with van der Waals surface area (Å²) >= 11 is 0. The minimum atomic E-state index is -0.802. The molecule has 1 aromatic rings. The van der Waals surface area contributed by atoms with Gasteiger partial charge in [-0.2, -0.15) is 0 Å². The molecule has 0 aromatic heterocycles. The number of benzene rings is 1. The number of amides is 2. The van der Waals surface area contributed by atoms with Crippen LogP contribution >= 0.6 is 0 Å². The van der Waals surface area contributed by atoms with Crippen LogP contribution in [0, 0.1) is 11.6 Å². The van der Waals surface area contributed by atoms with Crippen LogP contribution in [0.4, 0.5) is 29.7 Å². The Kier molecular flexibility index (Phi) is 6.95. The van der Waals surface area contributed by atoms with Gasteiger partial charge in [-0.1, -0.05) is 5.16 Å². The van der Waals surface area contributed by atoms with E-state index in [1.165, 1.54) is 7.11 Å². The first-order valence-electron chi connectivity index (χ1n) is 9.55. The van der Waals surface area contributed by atoms with Gasteiger partial charge < -0.3 is 30.6 Å². The molecular formula is C18H24F2N6O5. The first kappa shape index (κ1) is 22.3. The lowest BCUT2D eigenvalue weighted by Gasteiger charge is -2.36. The van der Waals surface area contributed by atoms with Gasteiger partial charge in [0.05, 0.1) is 32.4 Å². The maximum atomic E-state index is 14.8. The molecule has 2 fully saturated rings. The SMILES string of the molecule is COC(=O)NC[C@H]1CN(c2cc(F)c(N3CCN(CC(N)=NO)CC3)c(F)c2)C(=O)O1. The molecule has 2 aliphatic rings. The summed E-state index contributed by atoms with van der Waals surface area (Å²) in [6, 6.07) is 2.16. The first-order chi connectivity index (χ1) is 14.8. The molecule has 1 aromatic carbocycles. The average Bonchev–Trinajstić information content (AvgIpc) is 3.13. The van der Waals surface area contributed by atoms with Gasteiger partial charge in [0.25, 0.3) is 0 Å². The standard InChI is InChI=1S/C18H24F2N6O5/c1-30-17(27)22-8-12-9-26(18(28)31-12)11-6-13(19)16(14(20)7-11)25-4-2-24(3-5-25)10-15(21)23-29/h6-7,12,29H,2-5,8-10H2,1H3,(H2,21,23)(H,22,27)/t12-/m0/s1. The van der Waals surface area contributed by atoms with Crippen molar-refractivity contribution in [2.45, 2.75) is 6.10 Å². The van der Waals surface area contributed by atoms with Gasteiger partial charge in [-0.3, -0.25) is 9.80 Å². The Hall–Kier alpha value is -3.35. The van der Waals surface area contributed by atoms with Gasteiger partial charge in [0.2, 0.25) is 0 Å².